The van der Waals surface area contributed by atoms with Gasteiger partial charge < -0.3 is 15.6 Å². The average molecular weight is 230 g/mol. The van der Waals surface area contributed by atoms with Crippen LogP contribution in [0.3, 0.4) is 0 Å². The van der Waals surface area contributed by atoms with Gasteiger partial charge in [0.15, 0.2) is 12.4 Å². The van der Waals surface area contributed by atoms with Gasteiger partial charge in [-0.05, 0) is 12.1 Å². The van der Waals surface area contributed by atoms with E-state index in [1.807, 2.05) is 0 Å². The van der Waals surface area contributed by atoms with Gasteiger partial charge >= 0.3 is 5.97 Å². The summed E-state index contributed by atoms with van der Waals surface area (Å²) in [6, 6.07) is 4.26. The van der Waals surface area contributed by atoms with Gasteiger partial charge in [0, 0.05) is 0 Å². The molecule has 0 saturated heterocycles. The number of halogens is 1. The fraction of sp³-hybridized carbons (Fsp3) is 0.111. The molecule has 1 aromatic rings. The van der Waals surface area contributed by atoms with Crippen molar-refractivity contribution in [3.63, 3.8) is 0 Å². The molecule has 0 atom stereocenters. The third kappa shape index (κ3) is 2.85. The van der Waals surface area contributed by atoms with Gasteiger partial charge in [-0.25, -0.2) is 4.79 Å². The Labute approximate surface area is 90.4 Å². The Morgan fingerprint density at radius 2 is 2.13 bits per heavy atom. The summed E-state index contributed by atoms with van der Waals surface area (Å²) in [5, 5.41) is 8.92. The Bertz CT molecular complexity index is 405. The van der Waals surface area contributed by atoms with Crippen LogP contribution >= 0.6 is 11.6 Å². The van der Waals surface area contributed by atoms with Crippen LogP contribution < -0.4 is 10.5 Å². The lowest BCUT2D eigenvalue weighted by atomic mass is 10.2. The lowest BCUT2D eigenvalue weighted by molar-refractivity contribution is -0.119. The molecule has 80 valence electrons. The maximum absolute atomic E-state index is 10.8. The van der Waals surface area contributed by atoms with E-state index in [1.165, 1.54) is 18.2 Å². The highest BCUT2D eigenvalue weighted by Crippen LogP contribution is 2.28. The number of carboxylic acid groups (broad SMARTS) is 1. The van der Waals surface area contributed by atoms with Crippen molar-refractivity contribution in [2.24, 2.45) is 5.73 Å². The third-order valence-corrected chi connectivity index (χ3v) is 1.85. The molecule has 15 heavy (non-hydrogen) atoms. The summed E-state index contributed by atoms with van der Waals surface area (Å²) in [5.74, 6) is -1.94. The zero-order chi connectivity index (χ0) is 11.4. The van der Waals surface area contributed by atoms with E-state index in [0.717, 1.165) is 0 Å². The Balaban J connectivity index is 3.02. The molecule has 0 spiro atoms. The number of benzene rings is 1. The number of para-hydroxylation sites is 1. The van der Waals surface area contributed by atoms with Crippen LogP contribution in [0.15, 0.2) is 18.2 Å². The molecule has 0 aliphatic heterocycles. The number of hydrogen-bond acceptors (Lipinski definition) is 3. The van der Waals surface area contributed by atoms with E-state index in [4.69, 9.17) is 27.2 Å². The molecule has 0 bridgehead atoms. The third-order valence-electron chi connectivity index (χ3n) is 1.56. The number of aromatic carboxylic acids is 1. The largest absolute Gasteiger partial charge is 0.481 e. The summed E-state index contributed by atoms with van der Waals surface area (Å²) in [6.07, 6.45) is 0. The van der Waals surface area contributed by atoms with Crippen LogP contribution in [0.2, 0.25) is 5.02 Å². The minimum Gasteiger partial charge on any atom is -0.481 e. The summed E-state index contributed by atoms with van der Waals surface area (Å²) in [5.41, 5.74) is 4.75. The molecule has 5 nitrogen and oxygen atoms in total. The molecule has 0 aliphatic carbocycles. The normalized spacial score (nSPS) is 9.67. The van der Waals surface area contributed by atoms with E-state index in [2.05, 4.69) is 0 Å². The number of primary amides is 1. The van der Waals surface area contributed by atoms with Crippen LogP contribution in [-0.2, 0) is 4.79 Å². The first-order chi connectivity index (χ1) is 7.02. The van der Waals surface area contributed by atoms with Crippen molar-refractivity contribution >= 4 is 23.5 Å². The molecule has 1 amide bonds. The zero-order valence-electron chi connectivity index (χ0n) is 7.57. The topological polar surface area (TPSA) is 89.6 Å². The van der Waals surface area contributed by atoms with E-state index in [1.54, 1.807) is 0 Å². The predicted octanol–water partition coefficient (Wildman–Crippen LogP) is 0.902. The molecular formula is C9H8ClNO4. The van der Waals surface area contributed by atoms with Gasteiger partial charge in [-0.3, -0.25) is 4.79 Å². The number of hydrogen-bond donors (Lipinski definition) is 2. The molecule has 0 aromatic heterocycles. The Hall–Kier alpha value is -1.75. The first kappa shape index (κ1) is 11.3. The number of nitrogens with two attached hydrogens (primary N) is 1. The van der Waals surface area contributed by atoms with Gasteiger partial charge in [0.2, 0.25) is 0 Å². The number of amides is 1. The molecule has 1 rings (SSSR count). The molecular weight excluding hydrogens is 222 g/mol. The van der Waals surface area contributed by atoms with Gasteiger partial charge in [-0.2, -0.15) is 0 Å². The van der Waals surface area contributed by atoms with Gasteiger partial charge in [-0.15, -0.1) is 0 Å². The average Bonchev–Trinajstić information content (AvgIpc) is 2.15. The van der Waals surface area contributed by atoms with Crippen molar-refractivity contribution < 1.29 is 19.4 Å². The Kier molecular flexibility index (Phi) is 3.51. The van der Waals surface area contributed by atoms with Crippen LogP contribution in [0.4, 0.5) is 0 Å². The maximum atomic E-state index is 10.8. The standard InChI is InChI=1S/C9H8ClNO4/c10-6-3-1-2-5(9(13)14)8(6)15-4-7(11)12/h1-3H,4H2,(H2,11,12)(H,13,14). The number of carbonyl (C=O) groups excluding carboxylic acids is 1. The first-order valence-electron chi connectivity index (χ1n) is 3.95. The quantitative estimate of drug-likeness (QED) is 0.803. The van der Waals surface area contributed by atoms with E-state index in [-0.39, 0.29) is 16.3 Å². The van der Waals surface area contributed by atoms with Crippen LogP contribution in [0, 0.1) is 0 Å². The highest BCUT2D eigenvalue weighted by Gasteiger charge is 2.14. The molecule has 0 radical (unpaired) electrons. The van der Waals surface area contributed by atoms with Crippen molar-refractivity contribution in [2.75, 3.05) is 6.61 Å². The summed E-state index contributed by atoms with van der Waals surface area (Å²) < 4.78 is 4.90. The highest BCUT2D eigenvalue weighted by molar-refractivity contribution is 6.32. The summed E-state index contributed by atoms with van der Waals surface area (Å²) in [7, 11) is 0. The molecule has 6 heteroatoms. The van der Waals surface area contributed by atoms with E-state index in [0.29, 0.717) is 0 Å². The smallest absolute Gasteiger partial charge is 0.339 e. The molecule has 0 heterocycles. The van der Waals surface area contributed by atoms with Crippen molar-refractivity contribution in [2.45, 2.75) is 0 Å². The van der Waals surface area contributed by atoms with Gasteiger partial charge in [0.05, 0.1) is 5.02 Å². The second kappa shape index (κ2) is 4.65. The van der Waals surface area contributed by atoms with E-state index in [9.17, 15) is 9.59 Å². The minimum absolute atomic E-state index is 0.0505. The number of carboxylic acids is 1. The van der Waals surface area contributed by atoms with Crippen LogP contribution in [0.1, 0.15) is 10.4 Å². The second-order valence-corrected chi connectivity index (χ2v) is 3.08. The molecule has 0 saturated carbocycles. The molecule has 0 aliphatic rings. The lowest BCUT2D eigenvalue weighted by Gasteiger charge is -2.08. The van der Waals surface area contributed by atoms with Crippen molar-refractivity contribution in [3.05, 3.63) is 28.8 Å². The van der Waals surface area contributed by atoms with Gasteiger partial charge in [0.25, 0.3) is 5.91 Å². The first-order valence-corrected chi connectivity index (χ1v) is 4.33. The molecule has 0 fully saturated rings. The molecule has 0 unspecified atom stereocenters. The molecule has 3 N–H and O–H groups in total. The van der Waals surface area contributed by atoms with Gasteiger partial charge in [0.1, 0.15) is 5.56 Å². The Morgan fingerprint density at radius 3 is 2.67 bits per heavy atom. The lowest BCUT2D eigenvalue weighted by Crippen LogP contribution is -2.21. The maximum Gasteiger partial charge on any atom is 0.339 e. The molecule has 1 aromatic carbocycles. The van der Waals surface area contributed by atoms with Crippen LogP contribution in [0.25, 0.3) is 0 Å². The fourth-order valence-electron chi connectivity index (χ4n) is 0.967. The predicted molar refractivity (Wildman–Crippen MR) is 53.1 cm³/mol. The summed E-state index contributed by atoms with van der Waals surface area (Å²) in [6.45, 7) is -0.413. The van der Waals surface area contributed by atoms with E-state index < -0.39 is 18.5 Å². The number of rotatable bonds is 4. The van der Waals surface area contributed by atoms with Crippen molar-refractivity contribution in [3.8, 4) is 5.75 Å². The monoisotopic (exact) mass is 229 g/mol. The summed E-state index contributed by atoms with van der Waals surface area (Å²) in [4.78, 5) is 21.2. The SMILES string of the molecule is NC(=O)COc1c(Cl)cccc1C(=O)O. The van der Waals surface area contributed by atoms with Crippen LogP contribution in [-0.4, -0.2) is 23.6 Å². The Morgan fingerprint density at radius 1 is 1.47 bits per heavy atom. The number of ether oxygens (including phenoxy) is 1. The second-order valence-electron chi connectivity index (χ2n) is 2.68. The van der Waals surface area contributed by atoms with Crippen molar-refractivity contribution in [1.29, 1.82) is 0 Å². The fourth-order valence-corrected chi connectivity index (χ4v) is 1.20. The van der Waals surface area contributed by atoms with E-state index >= 15 is 0 Å². The summed E-state index contributed by atoms with van der Waals surface area (Å²) >= 11 is 5.72. The number of carbonyl (C=O) groups is 2. The highest BCUT2D eigenvalue weighted by atomic mass is 35.5. The minimum atomic E-state index is -1.18. The van der Waals surface area contributed by atoms with Crippen LogP contribution in [0.5, 0.6) is 5.75 Å². The van der Waals surface area contributed by atoms with Gasteiger partial charge in [-0.1, -0.05) is 17.7 Å². The van der Waals surface area contributed by atoms with Crippen molar-refractivity contribution in [1.82, 2.24) is 0 Å². The zero-order valence-corrected chi connectivity index (χ0v) is 8.32.